The molecule has 0 radical (unpaired) electrons. The normalized spacial score (nSPS) is 41.5. The Balaban J connectivity index is 1.69. The first kappa shape index (κ1) is 8.25. The molecule has 0 aromatic carbocycles. The van der Waals surface area contributed by atoms with E-state index in [0.29, 0.717) is 0 Å². The van der Waals surface area contributed by atoms with Crippen LogP contribution in [0.5, 0.6) is 0 Å². The van der Waals surface area contributed by atoms with Crippen molar-refractivity contribution in [3.63, 3.8) is 0 Å². The summed E-state index contributed by atoms with van der Waals surface area (Å²) in [7, 11) is 0. The first-order chi connectivity index (χ1) is 6.41. The third-order valence-electron chi connectivity index (χ3n) is 3.98. The van der Waals surface area contributed by atoms with Crippen molar-refractivity contribution in [1.29, 1.82) is 0 Å². The van der Waals surface area contributed by atoms with Gasteiger partial charge < -0.3 is 4.74 Å². The molecular weight excluding hydrogens is 162 g/mol. The van der Waals surface area contributed by atoms with Crippen LogP contribution in [0, 0.1) is 0 Å². The van der Waals surface area contributed by atoms with Crippen molar-refractivity contribution in [2.45, 2.75) is 56.7 Å². The average Bonchev–Trinajstić information content (AvgIpc) is 2.80. The molecule has 0 N–H and O–H groups in total. The van der Waals surface area contributed by atoms with Crippen LogP contribution in [0.25, 0.3) is 0 Å². The lowest BCUT2D eigenvalue weighted by Crippen LogP contribution is -2.42. The molecule has 1 spiro atoms. The summed E-state index contributed by atoms with van der Waals surface area (Å²) in [4.78, 5) is 2.67. The number of ether oxygens (including phenoxy) is 1. The molecule has 3 rings (SSSR count). The molecular formula is C11H19NO. The number of epoxide rings is 1. The Bertz CT molecular complexity index is 194. The van der Waals surface area contributed by atoms with Gasteiger partial charge >= 0.3 is 0 Å². The van der Waals surface area contributed by atoms with Gasteiger partial charge in [0.2, 0.25) is 0 Å². The molecule has 0 bridgehead atoms. The van der Waals surface area contributed by atoms with E-state index in [4.69, 9.17) is 4.74 Å². The van der Waals surface area contributed by atoms with Gasteiger partial charge in [-0.3, -0.25) is 4.90 Å². The van der Waals surface area contributed by atoms with E-state index >= 15 is 0 Å². The first-order valence-electron chi connectivity index (χ1n) is 5.81. The summed E-state index contributed by atoms with van der Waals surface area (Å²) in [5.41, 5.74) is 0.252. The smallest absolute Gasteiger partial charge is 0.145 e. The van der Waals surface area contributed by atoms with Crippen molar-refractivity contribution in [1.82, 2.24) is 4.90 Å². The lowest BCUT2D eigenvalue weighted by Gasteiger charge is -2.33. The SMILES string of the molecule is C1CCC(N2CCCC23CO3)CC1. The Labute approximate surface area is 80.2 Å². The molecule has 3 fully saturated rings. The van der Waals surface area contributed by atoms with E-state index in [-0.39, 0.29) is 5.72 Å². The number of nitrogens with zero attached hydrogens (tertiary/aromatic N) is 1. The van der Waals surface area contributed by atoms with Crippen LogP contribution < -0.4 is 0 Å². The fraction of sp³-hybridized carbons (Fsp3) is 1.00. The molecule has 13 heavy (non-hydrogen) atoms. The minimum absolute atomic E-state index is 0.252. The summed E-state index contributed by atoms with van der Waals surface area (Å²) >= 11 is 0. The number of likely N-dealkylation sites (tertiary alicyclic amines) is 1. The van der Waals surface area contributed by atoms with Crippen molar-refractivity contribution >= 4 is 0 Å². The first-order valence-corrected chi connectivity index (χ1v) is 5.81. The van der Waals surface area contributed by atoms with E-state index < -0.39 is 0 Å². The zero-order valence-corrected chi connectivity index (χ0v) is 8.30. The lowest BCUT2D eigenvalue weighted by atomic mass is 9.94. The van der Waals surface area contributed by atoms with Gasteiger partial charge in [0.05, 0.1) is 6.61 Å². The Morgan fingerprint density at radius 1 is 1.08 bits per heavy atom. The van der Waals surface area contributed by atoms with Gasteiger partial charge in [0, 0.05) is 12.6 Å². The maximum Gasteiger partial charge on any atom is 0.145 e. The maximum atomic E-state index is 5.65. The van der Waals surface area contributed by atoms with Crippen LogP contribution in [-0.2, 0) is 4.74 Å². The van der Waals surface area contributed by atoms with Crippen LogP contribution in [0.2, 0.25) is 0 Å². The Hall–Kier alpha value is -0.0800. The van der Waals surface area contributed by atoms with Crippen LogP contribution in [0.15, 0.2) is 0 Å². The monoisotopic (exact) mass is 181 g/mol. The fourth-order valence-electron chi connectivity index (χ4n) is 3.17. The molecule has 2 aliphatic heterocycles. The highest BCUT2D eigenvalue weighted by molar-refractivity contribution is 5.00. The van der Waals surface area contributed by atoms with Crippen molar-refractivity contribution < 1.29 is 4.74 Å². The second-order valence-corrected chi connectivity index (χ2v) is 4.82. The quantitative estimate of drug-likeness (QED) is 0.576. The zero-order chi connectivity index (χ0) is 8.73. The van der Waals surface area contributed by atoms with E-state index in [1.165, 1.54) is 51.5 Å². The third-order valence-corrected chi connectivity index (χ3v) is 3.98. The predicted octanol–water partition coefficient (Wildman–Crippen LogP) is 2.14. The maximum absolute atomic E-state index is 5.65. The van der Waals surface area contributed by atoms with Gasteiger partial charge in [-0.25, -0.2) is 0 Å². The van der Waals surface area contributed by atoms with Crippen molar-refractivity contribution in [3.05, 3.63) is 0 Å². The minimum atomic E-state index is 0.252. The Morgan fingerprint density at radius 2 is 1.85 bits per heavy atom. The summed E-state index contributed by atoms with van der Waals surface area (Å²) in [6, 6.07) is 0.860. The van der Waals surface area contributed by atoms with Crippen molar-refractivity contribution in [3.8, 4) is 0 Å². The second-order valence-electron chi connectivity index (χ2n) is 4.82. The molecule has 2 nitrogen and oxygen atoms in total. The zero-order valence-electron chi connectivity index (χ0n) is 8.30. The summed E-state index contributed by atoms with van der Waals surface area (Å²) in [6.45, 7) is 2.31. The van der Waals surface area contributed by atoms with Crippen LogP contribution in [0.1, 0.15) is 44.9 Å². The van der Waals surface area contributed by atoms with Crippen LogP contribution >= 0.6 is 0 Å². The van der Waals surface area contributed by atoms with Gasteiger partial charge in [-0.1, -0.05) is 19.3 Å². The van der Waals surface area contributed by atoms with E-state index in [1.54, 1.807) is 0 Å². The third kappa shape index (κ3) is 1.31. The molecule has 0 amide bonds. The highest BCUT2D eigenvalue weighted by Crippen LogP contribution is 2.44. The molecule has 1 atom stereocenters. The second kappa shape index (κ2) is 2.96. The predicted molar refractivity (Wildman–Crippen MR) is 51.5 cm³/mol. The van der Waals surface area contributed by atoms with Gasteiger partial charge in [-0.15, -0.1) is 0 Å². The molecule has 2 saturated heterocycles. The molecule has 3 aliphatic rings. The molecule has 2 heteroatoms. The molecule has 1 aliphatic carbocycles. The topological polar surface area (TPSA) is 15.8 Å². The van der Waals surface area contributed by atoms with Crippen molar-refractivity contribution in [2.75, 3.05) is 13.2 Å². The fourth-order valence-corrected chi connectivity index (χ4v) is 3.17. The van der Waals surface area contributed by atoms with E-state index in [1.807, 2.05) is 0 Å². The molecule has 0 aromatic heterocycles. The summed E-state index contributed by atoms with van der Waals surface area (Å²) in [5.74, 6) is 0. The minimum Gasteiger partial charge on any atom is -0.353 e. The number of rotatable bonds is 1. The highest BCUT2D eigenvalue weighted by Gasteiger charge is 2.54. The Morgan fingerprint density at radius 3 is 2.54 bits per heavy atom. The molecule has 0 aromatic rings. The van der Waals surface area contributed by atoms with Crippen LogP contribution in [-0.4, -0.2) is 29.8 Å². The van der Waals surface area contributed by atoms with Gasteiger partial charge in [0.25, 0.3) is 0 Å². The molecule has 2 heterocycles. The lowest BCUT2D eigenvalue weighted by molar-refractivity contribution is 0.0592. The molecule has 1 unspecified atom stereocenters. The number of hydrogen-bond donors (Lipinski definition) is 0. The van der Waals surface area contributed by atoms with Crippen molar-refractivity contribution in [2.24, 2.45) is 0 Å². The van der Waals surface area contributed by atoms with E-state index in [9.17, 15) is 0 Å². The van der Waals surface area contributed by atoms with Gasteiger partial charge in [-0.05, 0) is 25.7 Å². The van der Waals surface area contributed by atoms with Gasteiger partial charge in [0.1, 0.15) is 5.72 Å². The largest absolute Gasteiger partial charge is 0.353 e. The van der Waals surface area contributed by atoms with Crippen LogP contribution in [0.4, 0.5) is 0 Å². The average molecular weight is 181 g/mol. The summed E-state index contributed by atoms with van der Waals surface area (Å²) < 4.78 is 5.65. The van der Waals surface area contributed by atoms with Crippen LogP contribution in [0.3, 0.4) is 0 Å². The molecule has 1 saturated carbocycles. The van der Waals surface area contributed by atoms with Gasteiger partial charge in [-0.2, -0.15) is 0 Å². The van der Waals surface area contributed by atoms with E-state index in [2.05, 4.69) is 4.90 Å². The summed E-state index contributed by atoms with van der Waals surface area (Å²) in [6.07, 6.45) is 9.84. The number of hydrogen-bond acceptors (Lipinski definition) is 2. The Kier molecular flexibility index (Phi) is 1.88. The van der Waals surface area contributed by atoms with E-state index in [0.717, 1.165) is 12.6 Å². The molecule has 74 valence electrons. The summed E-state index contributed by atoms with van der Waals surface area (Å²) in [5, 5.41) is 0. The van der Waals surface area contributed by atoms with Gasteiger partial charge in [0.15, 0.2) is 0 Å². The standard InChI is InChI=1S/C11H19NO/c1-2-5-10(6-3-1)12-8-4-7-11(12)9-13-11/h10H,1-9H2. The highest BCUT2D eigenvalue weighted by atomic mass is 16.6.